The van der Waals surface area contributed by atoms with Gasteiger partial charge in [0.05, 0.1) is 0 Å². The SMILES string of the molecule is C[Si](C)=[Zr+2].Cc1cc2ccccc2[cH-]1.Cc1cc2ccccc2[cH-]1.Cl.Oc1ccccc1. The van der Waals surface area contributed by atoms with Crippen LogP contribution in [0.25, 0.3) is 21.5 Å². The molecule has 0 spiro atoms. The van der Waals surface area contributed by atoms with Crippen LogP contribution in [0.5, 0.6) is 5.75 Å². The third-order valence-corrected chi connectivity index (χ3v) is 4.28. The molecule has 4 heteroatoms. The van der Waals surface area contributed by atoms with E-state index in [0.29, 0.717) is 5.75 Å². The van der Waals surface area contributed by atoms with E-state index in [-0.39, 0.29) is 17.8 Å². The summed E-state index contributed by atoms with van der Waals surface area (Å²) in [6, 6.07) is 34.4. The molecule has 0 bridgehead atoms. The van der Waals surface area contributed by atoms with Crippen molar-refractivity contribution in [2.45, 2.75) is 26.9 Å². The van der Waals surface area contributed by atoms with Crippen LogP contribution in [0, 0.1) is 13.8 Å². The molecule has 0 amide bonds. The number of rotatable bonds is 0. The van der Waals surface area contributed by atoms with Gasteiger partial charge in [0.15, 0.2) is 0 Å². The Hall–Kier alpha value is -1.93. The zero-order valence-electron chi connectivity index (χ0n) is 19.2. The summed E-state index contributed by atoms with van der Waals surface area (Å²) in [6.07, 6.45) is 0. The molecule has 1 N–H and O–H groups in total. The van der Waals surface area contributed by atoms with E-state index in [0.717, 1.165) is 0 Å². The molecule has 5 aromatic rings. The molecule has 0 aromatic heterocycles. The molecule has 0 heterocycles. The Balaban J connectivity index is 0.000000222. The van der Waals surface area contributed by atoms with Crippen molar-refractivity contribution < 1.29 is 28.4 Å². The topological polar surface area (TPSA) is 20.2 Å². The Morgan fingerprint density at radius 3 is 1.31 bits per heavy atom. The van der Waals surface area contributed by atoms with Gasteiger partial charge in [0.2, 0.25) is 0 Å². The Morgan fingerprint density at radius 1 is 0.656 bits per heavy atom. The van der Waals surface area contributed by atoms with Crippen LogP contribution in [0.4, 0.5) is 0 Å². The summed E-state index contributed by atoms with van der Waals surface area (Å²) in [5.41, 5.74) is 2.91. The summed E-state index contributed by atoms with van der Waals surface area (Å²) in [5, 5.41) is 14.0. The fraction of sp³-hybridized carbons (Fsp3) is 0.143. The van der Waals surface area contributed by atoms with Crippen LogP contribution < -0.4 is 0 Å². The third-order valence-electron chi connectivity index (χ3n) is 4.28. The molecule has 5 rings (SSSR count). The zero-order valence-corrected chi connectivity index (χ0v) is 23.4. The second-order valence-electron chi connectivity index (χ2n) is 7.66. The molecule has 0 aliphatic heterocycles. The van der Waals surface area contributed by atoms with Crippen molar-refractivity contribution in [1.82, 2.24) is 0 Å². The molecule has 0 unspecified atom stereocenters. The second kappa shape index (κ2) is 15.0. The number of hydrogen-bond acceptors (Lipinski definition) is 1. The predicted molar refractivity (Wildman–Crippen MR) is 141 cm³/mol. The molecule has 32 heavy (non-hydrogen) atoms. The summed E-state index contributed by atoms with van der Waals surface area (Å²) in [6.45, 7) is 8.87. The minimum Gasteiger partial charge on any atom is -0.508 e. The van der Waals surface area contributed by atoms with Crippen molar-refractivity contribution in [2.75, 3.05) is 0 Å². The van der Waals surface area contributed by atoms with E-state index < -0.39 is 0 Å². The van der Waals surface area contributed by atoms with Crippen molar-refractivity contribution in [3.63, 3.8) is 0 Å². The van der Waals surface area contributed by atoms with Gasteiger partial charge in [-0.05, 0) is 12.1 Å². The summed E-state index contributed by atoms with van der Waals surface area (Å²) in [4.78, 5) is 0. The van der Waals surface area contributed by atoms with Gasteiger partial charge in [-0.3, -0.25) is 0 Å². The van der Waals surface area contributed by atoms with Gasteiger partial charge in [-0.1, -0.05) is 44.2 Å². The summed E-state index contributed by atoms with van der Waals surface area (Å²) < 4.78 is 0. The molecule has 0 saturated carbocycles. The van der Waals surface area contributed by atoms with E-state index in [9.17, 15) is 0 Å². The Morgan fingerprint density at radius 2 is 1.00 bits per heavy atom. The van der Waals surface area contributed by atoms with Crippen LogP contribution in [-0.2, 0) is 23.3 Å². The number of aromatic hydroxyl groups is 1. The van der Waals surface area contributed by atoms with Crippen molar-refractivity contribution in [3.05, 3.63) is 114 Å². The van der Waals surface area contributed by atoms with Crippen molar-refractivity contribution >= 4 is 39.4 Å². The quantitative estimate of drug-likeness (QED) is 0.155. The molecule has 0 aliphatic carbocycles. The maximum Gasteiger partial charge on any atom is 0.115 e. The fourth-order valence-electron chi connectivity index (χ4n) is 3.04. The molecule has 164 valence electrons. The third kappa shape index (κ3) is 10.6. The molecule has 0 radical (unpaired) electrons. The van der Waals surface area contributed by atoms with Gasteiger partial charge in [-0.15, -0.1) is 93.6 Å². The summed E-state index contributed by atoms with van der Waals surface area (Å²) in [5.74, 6) is 0.322. The first kappa shape index (κ1) is 28.1. The van der Waals surface area contributed by atoms with E-state index in [1.807, 2.05) is 6.07 Å². The zero-order chi connectivity index (χ0) is 22.6. The number of benzene rings is 3. The Bertz CT molecular complexity index is 1070. The number of phenolic OH excluding ortho intramolecular Hbond substituents is 1. The smallest absolute Gasteiger partial charge is 0.115 e. The molecule has 5 aromatic carbocycles. The molecular weight excluding hydrogens is 507 g/mol. The molecular formula is C28H31ClOSiZr. The first-order valence-electron chi connectivity index (χ1n) is 10.3. The standard InChI is InChI=1S/2C10H9.C6H6O.C2H6Si.ClH.Zr/c2*1-8-6-9-4-2-3-5-10(9)7-8;7-6-4-2-1-3-5-6;1-3-2;;/h2*2-7H,1H3;1-5,7H;1-2H3;1H;/q2*-1;;;;+2. The molecule has 0 fully saturated rings. The van der Waals surface area contributed by atoms with Crippen LogP contribution in [0.2, 0.25) is 13.1 Å². The van der Waals surface area contributed by atoms with Gasteiger partial charge >= 0.3 is 41.9 Å². The van der Waals surface area contributed by atoms with Gasteiger partial charge in [0, 0.05) is 0 Å². The van der Waals surface area contributed by atoms with E-state index in [4.69, 9.17) is 5.11 Å². The van der Waals surface area contributed by atoms with Crippen LogP contribution in [0.1, 0.15) is 11.1 Å². The van der Waals surface area contributed by atoms with Gasteiger partial charge < -0.3 is 5.11 Å². The molecule has 0 saturated heterocycles. The number of halogens is 1. The first-order valence-corrected chi connectivity index (χ1v) is 16.5. The van der Waals surface area contributed by atoms with Gasteiger partial charge in [0.25, 0.3) is 0 Å². The average molecular weight is 538 g/mol. The fourth-order valence-corrected chi connectivity index (χ4v) is 3.04. The number of para-hydroxylation sites is 1. The largest absolute Gasteiger partial charge is 0.508 e. The molecule has 0 aliphatic rings. The van der Waals surface area contributed by atoms with Crippen molar-refractivity contribution in [2.24, 2.45) is 0 Å². The Labute approximate surface area is 213 Å². The summed E-state index contributed by atoms with van der Waals surface area (Å²) >= 11 is 1.74. The number of phenols is 1. The van der Waals surface area contributed by atoms with Gasteiger partial charge in [-0.2, -0.15) is 12.1 Å². The summed E-state index contributed by atoms with van der Waals surface area (Å²) in [7, 11) is 0. The monoisotopic (exact) mass is 536 g/mol. The van der Waals surface area contributed by atoms with Crippen LogP contribution in [-0.4, -0.2) is 10.5 Å². The van der Waals surface area contributed by atoms with Crippen LogP contribution in [0.15, 0.2) is 103 Å². The van der Waals surface area contributed by atoms with E-state index in [2.05, 4.69) is 99.7 Å². The van der Waals surface area contributed by atoms with Gasteiger partial charge in [-0.25, -0.2) is 0 Å². The minimum absolute atomic E-state index is 0. The molecule has 1 nitrogen and oxygen atoms in total. The van der Waals surface area contributed by atoms with Gasteiger partial charge in [0.1, 0.15) is 5.75 Å². The van der Waals surface area contributed by atoms with Crippen LogP contribution in [0.3, 0.4) is 0 Å². The van der Waals surface area contributed by atoms with Crippen molar-refractivity contribution in [3.8, 4) is 5.75 Å². The average Bonchev–Trinajstić information content (AvgIpc) is 3.29. The van der Waals surface area contributed by atoms with E-state index >= 15 is 0 Å². The minimum atomic E-state index is 0. The van der Waals surface area contributed by atoms with E-state index in [1.165, 1.54) is 32.7 Å². The maximum absolute atomic E-state index is 8.63. The molecule has 0 atom stereocenters. The number of aryl methyl sites for hydroxylation is 2. The normalized spacial score (nSPS) is 9.31. The number of fused-ring (bicyclic) bond motifs is 2. The first-order chi connectivity index (χ1) is 14.8. The Kier molecular flexibility index (Phi) is 13.2. The van der Waals surface area contributed by atoms with Crippen LogP contribution >= 0.6 is 12.4 Å². The van der Waals surface area contributed by atoms with Crippen molar-refractivity contribution in [1.29, 1.82) is 0 Å². The second-order valence-corrected chi connectivity index (χ2v) is 17.0. The predicted octanol–water partition coefficient (Wildman–Crippen LogP) is 8.33. The maximum atomic E-state index is 8.63. The number of hydrogen-bond donors (Lipinski definition) is 1. The van der Waals surface area contributed by atoms with E-state index in [1.54, 1.807) is 47.6 Å².